The van der Waals surface area contributed by atoms with E-state index in [1.54, 1.807) is 30.5 Å². The summed E-state index contributed by atoms with van der Waals surface area (Å²) in [4.78, 5) is 40.7. The standard InChI is InChI=1S/C18H20N4O6/c1-4-27-17(24)14-11(8-22-9-12(16(23)26-3)19-10(22)2)20-18(25)21-15(14)13-6-5-7-28-13/h5-7,9,15H,4,8H2,1-3H3,(H2,20,21,25). The topological polar surface area (TPSA) is 125 Å². The van der Waals surface area contributed by atoms with Crippen molar-refractivity contribution in [3.63, 3.8) is 0 Å². The van der Waals surface area contributed by atoms with Gasteiger partial charge < -0.3 is 29.1 Å². The van der Waals surface area contributed by atoms with E-state index in [1.807, 2.05) is 0 Å². The number of allylic oxidation sites excluding steroid dienone is 1. The molecule has 28 heavy (non-hydrogen) atoms. The lowest BCUT2D eigenvalue weighted by molar-refractivity contribution is -0.139. The number of carbonyl (C=O) groups excluding carboxylic acids is 3. The molecule has 2 aromatic rings. The van der Waals surface area contributed by atoms with Crippen LogP contribution in [0.1, 0.15) is 35.0 Å². The van der Waals surface area contributed by atoms with Crippen LogP contribution >= 0.6 is 0 Å². The normalized spacial score (nSPS) is 16.4. The number of aryl methyl sites for hydroxylation is 1. The summed E-state index contributed by atoms with van der Waals surface area (Å²) in [7, 11) is 1.26. The molecule has 0 saturated carbocycles. The molecule has 1 aliphatic heterocycles. The van der Waals surface area contributed by atoms with Crippen LogP contribution in [-0.4, -0.2) is 41.2 Å². The Kier molecular flexibility index (Phi) is 5.48. The number of rotatable bonds is 6. The number of methoxy groups -OCH3 is 1. The van der Waals surface area contributed by atoms with E-state index in [2.05, 4.69) is 20.4 Å². The SMILES string of the molecule is CCOC(=O)C1=C(Cn2cc(C(=O)OC)nc2C)NC(=O)NC1c1ccco1. The molecule has 3 rings (SSSR count). The molecule has 1 atom stereocenters. The second-order valence-corrected chi connectivity index (χ2v) is 5.95. The van der Waals surface area contributed by atoms with Gasteiger partial charge in [0.25, 0.3) is 0 Å². The Hall–Kier alpha value is -3.56. The Morgan fingerprint density at radius 2 is 2.14 bits per heavy atom. The Morgan fingerprint density at radius 3 is 2.79 bits per heavy atom. The van der Waals surface area contributed by atoms with Crippen LogP contribution in [0.25, 0.3) is 0 Å². The van der Waals surface area contributed by atoms with Crippen molar-refractivity contribution < 1.29 is 28.3 Å². The average molecular weight is 388 g/mol. The molecule has 10 nitrogen and oxygen atoms in total. The van der Waals surface area contributed by atoms with Crippen molar-refractivity contribution in [3.8, 4) is 0 Å². The lowest BCUT2D eigenvalue weighted by Gasteiger charge is -2.28. The van der Waals surface area contributed by atoms with E-state index in [9.17, 15) is 14.4 Å². The van der Waals surface area contributed by atoms with Gasteiger partial charge in [-0.05, 0) is 26.0 Å². The van der Waals surface area contributed by atoms with Crippen LogP contribution in [0.5, 0.6) is 0 Å². The maximum absolute atomic E-state index is 12.6. The second kappa shape index (κ2) is 7.99. The third-order valence-corrected chi connectivity index (χ3v) is 4.18. The molecule has 0 spiro atoms. The van der Waals surface area contributed by atoms with Crippen LogP contribution in [0.15, 0.2) is 40.3 Å². The van der Waals surface area contributed by atoms with Gasteiger partial charge in [0.15, 0.2) is 5.69 Å². The fraction of sp³-hybridized carbons (Fsp3) is 0.333. The van der Waals surface area contributed by atoms with Crippen molar-refractivity contribution in [2.75, 3.05) is 13.7 Å². The van der Waals surface area contributed by atoms with Gasteiger partial charge in [-0.15, -0.1) is 0 Å². The van der Waals surface area contributed by atoms with Crippen molar-refractivity contribution in [1.29, 1.82) is 0 Å². The van der Waals surface area contributed by atoms with Gasteiger partial charge in [-0.2, -0.15) is 0 Å². The molecule has 0 saturated heterocycles. The van der Waals surface area contributed by atoms with Crippen LogP contribution in [-0.2, 0) is 20.8 Å². The van der Waals surface area contributed by atoms with E-state index in [4.69, 9.17) is 9.15 Å². The highest BCUT2D eigenvalue weighted by atomic mass is 16.5. The van der Waals surface area contributed by atoms with E-state index in [0.717, 1.165) is 0 Å². The summed E-state index contributed by atoms with van der Waals surface area (Å²) in [6, 6.07) is 2.02. The summed E-state index contributed by atoms with van der Waals surface area (Å²) < 4.78 is 16.9. The van der Waals surface area contributed by atoms with Gasteiger partial charge >= 0.3 is 18.0 Å². The quantitative estimate of drug-likeness (QED) is 0.718. The lowest BCUT2D eigenvalue weighted by atomic mass is 10.00. The summed E-state index contributed by atoms with van der Waals surface area (Å²) in [6.07, 6.45) is 2.95. The van der Waals surface area contributed by atoms with Gasteiger partial charge in [0, 0.05) is 6.20 Å². The number of carbonyl (C=O) groups is 3. The molecule has 148 valence electrons. The fourth-order valence-electron chi connectivity index (χ4n) is 2.90. The van der Waals surface area contributed by atoms with Crippen LogP contribution in [0.4, 0.5) is 4.79 Å². The number of nitrogens with zero attached hydrogens (tertiary/aromatic N) is 2. The zero-order valence-corrected chi connectivity index (χ0v) is 15.6. The van der Waals surface area contributed by atoms with Crippen molar-refractivity contribution in [3.05, 3.63) is 53.1 Å². The highest BCUT2D eigenvalue weighted by Gasteiger charge is 2.35. The highest BCUT2D eigenvalue weighted by Crippen LogP contribution is 2.29. The smallest absolute Gasteiger partial charge is 0.358 e. The summed E-state index contributed by atoms with van der Waals surface area (Å²) in [6.45, 7) is 3.65. The first-order chi connectivity index (χ1) is 13.4. The number of furan rings is 1. The van der Waals surface area contributed by atoms with E-state index in [-0.39, 0.29) is 24.4 Å². The number of nitrogens with one attached hydrogen (secondary N) is 2. The summed E-state index contributed by atoms with van der Waals surface area (Å²) in [5.74, 6) is -0.256. The summed E-state index contributed by atoms with van der Waals surface area (Å²) >= 11 is 0. The molecule has 1 aliphatic rings. The minimum Gasteiger partial charge on any atom is -0.467 e. The molecule has 0 radical (unpaired) electrons. The zero-order valence-electron chi connectivity index (χ0n) is 15.6. The van der Waals surface area contributed by atoms with Crippen molar-refractivity contribution in [2.45, 2.75) is 26.4 Å². The highest BCUT2D eigenvalue weighted by molar-refractivity contribution is 5.95. The number of hydrogen-bond acceptors (Lipinski definition) is 7. The van der Waals surface area contributed by atoms with Gasteiger partial charge in [0.05, 0.1) is 37.8 Å². The largest absolute Gasteiger partial charge is 0.467 e. The lowest BCUT2D eigenvalue weighted by Crippen LogP contribution is -2.46. The van der Waals surface area contributed by atoms with E-state index < -0.39 is 24.0 Å². The molecule has 2 amide bonds. The second-order valence-electron chi connectivity index (χ2n) is 5.95. The Morgan fingerprint density at radius 1 is 1.36 bits per heavy atom. The van der Waals surface area contributed by atoms with Gasteiger partial charge in [-0.25, -0.2) is 19.4 Å². The van der Waals surface area contributed by atoms with Crippen LogP contribution < -0.4 is 10.6 Å². The number of ether oxygens (including phenoxy) is 2. The number of aromatic nitrogens is 2. The molecule has 2 aromatic heterocycles. The molecule has 0 aliphatic carbocycles. The molecular formula is C18H20N4O6. The summed E-state index contributed by atoms with van der Waals surface area (Å²) in [5, 5.41) is 5.32. The zero-order chi connectivity index (χ0) is 20.3. The van der Waals surface area contributed by atoms with Gasteiger partial charge in [0.1, 0.15) is 17.6 Å². The number of urea groups is 1. The third-order valence-electron chi connectivity index (χ3n) is 4.18. The first kappa shape index (κ1) is 19.2. The van der Waals surface area contributed by atoms with Gasteiger partial charge in [-0.1, -0.05) is 0 Å². The molecule has 3 heterocycles. The monoisotopic (exact) mass is 388 g/mol. The molecule has 0 bridgehead atoms. The molecule has 0 aromatic carbocycles. The first-order valence-corrected chi connectivity index (χ1v) is 8.57. The first-order valence-electron chi connectivity index (χ1n) is 8.57. The fourth-order valence-corrected chi connectivity index (χ4v) is 2.90. The molecule has 10 heteroatoms. The third kappa shape index (κ3) is 3.75. The Balaban J connectivity index is 2.04. The Bertz CT molecular complexity index is 928. The molecule has 1 unspecified atom stereocenters. The number of hydrogen-bond donors (Lipinski definition) is 2. The van der Waals surface area contributed by atoms with Gasteiger partial charge in [-0.3, -0.25) is 0 Å². The number of imidazole rings is 1. The number of esters is 2. The van der Waals surface area contributed by atoms with E-state index in [1.165, 1.54) is 19.6 Å². The van der Waals surface area contributed by atoms with Crippen molar-refractivity contribution >= 4 is 18.0 Å². The predicted octanol–water partition coefficient (Wildman–Crippen LogP) is 1.44. The minimum atomic E-state index is -0.804. The van der Waals surface area contributed by atoms with Crippen molar-refractivity contribution in [1.82, 2.24) is 20.2 Å². The van der Waals surface area contributed by atoms with E-state index in [0.29, 0.717) is 17.3 Å². The Labute approximate surface area is 160 Å². The maximum Gasteiger partial charge on any atom is 0.358 e. The van der Waals surface area contributed by atoms with Crippen LogP contribution in [0.2, 0.25) is 0 Å². The number of amides is 2. The molecule has 0 fully saturated rings. The maximum atomic E-state index is 12.6. The summed E-state index contributed by atoms with van der Waals surface area (Å²) in [5.41, 5.74) is 0.658. The van der Waals surface area contributed by atoms with Gasteiger partial charge in [0.2, 0.25) is 0 Å². The minimum absolute atomic E-state index is 0.0919. The molecular weight excluding hydrogens is 368 g/mol. The molecule has 2 N–H and O–H groups in total. The average Bonchev–Trinajstić information content (AvgIpc) is 3.31. The van der Waals surface area contributed by atoms with Crippen LogP contribution in [0, 0.1) is 6.92 Å². The predicted molar refractivity (Wildman–Crippen MR) is 95.1 cm³/mol. The van der Waals surface area contributed by atoms with Crippen molar-refractivity contribution in [2.24, 2.45) is 0 Å². The van der Waals surface area contributed by atoms with Crippen LogP contribution in [0.3, 0.4) is 0 Å². The van der Waals surface area contributed by atoms with E-state index >= 15 is 0 Å².